The van der Waals surface area contributed by atoms with E-state index in [0.29, 0.717) is 29.9 Å². The monoisotopic (exact) mass is 384 g/mol. The molecule has 2 aromatic carbocycles. The SMILES string of the molecule is NC[C@@H]1CN[C@H](CNC(=O)c2[nH]c3cc(-c4ccc(F)cc4)ccc3c2F)C1. The maximum Gasteiger partial charge on any atom is 0.270 e. The van der Waals surface area contributed by atoms with Gasteiger partial charge in [-0.3, -0.25) is 4.79 Å². The van der Waals surface area contributed by atoms with Crippen molar-refractivity contribution < 1.29 is 13.6 Å². The van der Waals surface area contributed by atoms with Crippen LogP contribution in [0.3, 0.4) is 0 Å². The van der Waals surface area contributed by atoms with E-state index in [4.69, 9.17) is 5.73 Å². The smallest absolute Gasteiger partial charge is 0.270 e. The normalized spacial score (nSPS) is 19.2. The molecule has 1 saturated heterocycles. The highest BCUT2D eigenvalue weighted by molar-refractivity contribution is 5.99. The number of hydrogen-bond donors (Lipinski definition) is 4. The summed E-state index contributed by atoms with van der Waals surface area (Å²) in [5.74, 6) is -0.951. The average molecular weight is 384 g/mol. The van der Waals surface area contributed by atoms with Crippen LogP contribution in [0.25, 0.3) is 22.0 Å². The molecule has 1 aliphatic rings. The molecular weight excluding hydrogens is 362 g/mol. The lowest BCUT2D eigenvalue weighted by molar-refractivity contribution is 0.0942. The van der Waals surface area contributed by atoms with Crippen molar-refractivity contribution in [2.75, 3.05) is 19.6 Å². The van der Waals surface area contributed by atoms with E-state index in [-0.39, 0.29) is 17.6 Å². The molecule has 5 nitrogen and oxygen atoms in total. The van der Waals surface area contributed by atoms with Crippen LogP contribution in [0.15, 0.2) is 42.5 Å². The van der Waals surface area contributed by atoms with Crippen molar-refractivity contribution in [3.8, 4) is 11.1 Å². The molecule has 0 aliphatic carbocycles. The summed E-state index contributed by atoms with van der Waals surface area (Å²) in [6, 6.07) is 11.4. The molecule has 28 heavy (non-hydrogen) atoms. The number of halogens is 2. The van der Waals surface area contributed by atoms with E-state index in [1.54, 1.807) is 30.3 Å². The molecule has 3 aromatic rings. The van der Waals surface area contributed by atoms with E-state index in [0.717, 1.165) is 24.1 Å². The fourth-order valence-electron chi connectivity index (χ4n) is 3.68. The number of carbonyl (C=O) groups is 1. The summed E-state index contributed by atoms with van der Waals surface area (Å²) in [6.45, 7) is 1.87. The van der Waals surface area contributed by atoms with Crippen LogP contribution in [-0.4, -0.2) is 36.6 Å². The van der Waals surface area contributed by atoms with Crippen molar-refractivity contribution in [2.24, 2.45) is 11.7 Å². The molecule has 2 heterocycles. The van der Waals surface area contributed by atoms with Crippen molar-refractivity contribution in [3.05, 3.63) is 59.8 Å². The summed E-state index contributed by atoms with van der Waals surface area (Å²) in [5.41, 5.74) is 7.72. The zero-order chi connectivity index (χ0) is 19.7. The third-order valence-corrected chi connectivity index (χ3v) is 5.30. The van der Waals surface area contributed by atoms with Crippen molar-refractivity contribution in [1.82, 2.24) is 15.6 Å². The van der Waals surface area contributed by atoms with Gasteiger partial charge < -0.3 is 21.4 Å². The molecule has 1 fully saturated rings. The summed E-state index contributed by atoms with van der Waals surface area (Å²) in [4.78, 5) is 15.3. The molecule has 1 amide bonds. The van der Waals surface area contributed by atoms with Crippen LogP contribution in [0.4, 0.5) is 8.78 Å². The number of aromatic amines is 1. The minimum atomic E-state index is -0.572. The standard InChI is InChI=1S/C21H22F2N4O/c22-15-4-1-13(2-5-15)14-3-6-17-18(8-14)27-20(19(17)23)21(28)26-11-16-7-12(9-24)10-25-16/h1-6,8,12,16,25,27H,7,9-11,24H2,(H,26,28)/t12-,16+/m1/s1. The Bertz CT molecular complexity index is 1000. The maximum atomic E-state index is 14.7. The van der Waals surface area contributed by atoms with Crippen LogP contribution >= 0.6 is 0 Å². The van der Waals surface area contributed by atoms with E-state index in [9.17, 15) is 13.6 Å². The molecule has 146 valence electrons. The maximum absolute atomic E-state index is 14.7. The number of fused-ring (bicyclic) bond motifs is 1. The third kappa shape index (κ3) is 3.63. The molecule has 0 saturated carbocycles. The van der Waals surface area contributed by atoms with E-state index in [1.807, 2.05) is 0 Å². The lowest BCUT2D eigenvalue weighted by Crippen LogP contribution is -2.37. The molecule has 0 unspecified atom stereocenters. The topological polar surface area (TPSA) is 82.9 Å². The zero-order valence-electron chi connectivity index (χ0n) is 15.3. The fraction of sp³-hybridized carbons (Fsp3) is 0.286. The predicted octanol–water partition coefficient (Wildman–Crippen LogP) is 2.78. The molecule has 0 bridgehead atoms. The van der Waals surface area contributed by atoms with E-state index in [1.165, 1.54) is 12.1 Å². The Morgan fingerprint density at radius 2 is 1.89 bits per heavy atom. The van der Waals surface area contributed by atoms with Crippen molar-refractivity contribution in [2.45, 2.75) is 12.5 Å². The Balaban J connectivity index is 1.52. The summed E-state index contributed by atoms with van der Waals surface area (Å²) < 4.78 is 27.8. The van der Waals surface area contributed by atoms with Crippen LogP contribution in [0.1, 0.15) is 16.9 Å². The highest BCUT2D eigenvalue weighted by Crippen LogP contribution is 2.27. The Morgan fingerprint density at radius 3 is 2.61 bits per heavy atom. The van der Waals surface area contributed by atoms with Gasteiger partial charge in [0, 0.05) is 23.5 Å². The number of carbonyl (C=O) groups excluding carboxylic acids is 1. The summed E-state index contributed by atoms with van der Waals surface area (Å²) in [6.07, 6.45) is 0.896. The lowest BCUT2D eigenvalue weighted by Gasteiger charge is -2.11. The fourth-order valence-corrected chi connectivity index (χ4v) is 3.68. The highest BCUT2D eigenvalue weighted by atomic mass is 19.1. The van der Waals surface area contributed by atoms with Gasteiger partial charge in [-0.15, -0.1) is 0 Å². The number of benzene rings is 2. The molecule has 1 aliphatic heterocycles. The van der Waals surface area contributed by atoms with Gasteiger partial charge in [-0.1, -0.05) is 18.2 Å². The zero-order valence-corrected chi connectivity index (χ0v) is 15.3. The first-order chi connectivity index (χ1) is 13.5. The van der Waals surface area contributed by atoms with Crippen LogP contribution in [0, 0.1) is 17.6 Å². The first-order valence-corrected chi connectivity index (χ1v) is 9.34. The lowest BCUT2D eigenvalue weighted by atomic mass is 10.0. The van der Waals surface area contributed by atoms with E-state index in [2.05, 4.69) is 15.6 Å². The van der Waals surface area contributed by atoms with Gasteiger partial charge in [0.15, 0.2) is 5.82 Å². The molecule has 0 spiro atoms. The second kappa shape index (κ2) is 7.69. The number of H-pyrrole nitrogens is 1. The second-order valence-corrected chi connectivity index (χ2v) is 7.23. The third-order valence-electron chi connectivity index (χ3n) is 5.30. The van der Waals surface area contributed by atoms with Gasteiger partial charge >= 0.3 is 0 Å². The molecule has 2 atom stereocenters. The number of hydrogen-bond acceptors (Lipinski definition) is 3. The van der Waals surface area contributed by atoms with Crippen molar-refractivity contribution in [1.29, 1.82) is 0 Å². The summed E-state index contributed by atoms with van der Waals surface area (Å²) >= 11 is 0. The highest BCUT2D eigenvalue weighted by Gasteiger charge is 2.24. The van der Waals surface area contributed by atoms with Crippen LogP contribution in [0.5, 0.6) is 0 Å². The Kier molecular flexibility index (Phi) is 5.11. The number of nitrogens with two attached hydrogens (primary N) is 1. The molecular formula is C21H22F2N4O. The Hall–Kier alpha value is -2.77. The van der Waals surface area contributed by atoms with Crippen molar-refractivity contribution in [3.63, 3.8) is 0 Å². The molecule has 7 heteroatoms. The quantitative estimate of drug-likeness (QED) is 0.546. The predicted molar refractivity (Wildman–Crippen MR) is 105 cm³/mol. The van der Waals surface area contributed by atoms with Crippen LogP contribution in [-0.2, 0) is 0 Å². The van der Waals surface area contributed by atoms with Gasteiger partial charge in [0.2, 0.25) is 0 Å². The summed E-state index contributed by atoms with van der Waals surface area (Å²) in [7, 11) is 0. The summed E-state index contributed by atoms with van der Waals surface area (Å²) in [5, 5.41) is 6.44. The Labute approximate surface area is 161 Å². The first kappa shape index (κ1) is 18.6. The minimum Gasteiger partial charge on any atom is -0.349 e. The van der Waals surface area contributed by atoms with Crippen LogP contribution < -0.4 is 16.4 Å². The number of amides is 1. The minimum absolute atomic E-state index is 0.0837. The van der Waals surface area contributed by atoms with Crippen molar-refractivity contribution >= 4 is 16.8 Å². The first-order valence-electron chi connectivity index (χ1n) is 9.34. The van der Waals surface area contributed by atoms with Gasteiger partial charge in [-0.05, 0) is 60.8 Å². The van der Waals surface area contributed by atoms with Gasteiger partial charge in [0.05, 0.1) is 0 Å². The average Bonchev–Trinajstić information content (AvgIpc) is 3.31. The van der Waals surface area contributed by atoms with Gasteiger partial charge in [-0.2, -0.15) is 0 Å². The van der Waals surface area contributed by atoms with Gasteiger partial charge in [0.1, 0.15) is 11.5 Å². The second-order valence-electron chi connectivity index (χ2n) is 7.23. The largest absolute Gasteiger partial charge is 0.349 e. The van der Waals surface area contributed by atoms with E-state index < -0.39 is 11.7 Å². The molecule has 5 N–H and O–H groups in total. The van der Waals surface area contributed by atoms with E-state index >= 15 is 0 Å². The van der Waals surface area contributed by atoms with Gasteiger partial charge in [0.25, 0.3) is 5.91 Å². The Morgan fingerprint density at radius 1 is 1.14 bits per heavy atom. The van der Waals surface area contributed by atoms with Crippen LogP contribution in [0.2, 0.25) is 0 Å². The number of nitrogens with one attached hydrogen (secondary N) is 3. The molecule has 1 aromatic heterocycles. The van der Waals surface area contributed by atoms with Gasteiger partial charge in [-0.25, -0.2) is 8.78 Å². The molecule has 0 radical (unpaired) electrons. The number of rotatable bonds is 5. The molecule has 4 rings (SSSR count). The number of aromatic nitrogens is 1.